The zero-order valence-electron chi connectivity index (χ0n) is 11.4. The Kier molecular flexibility index (Phi) is 4.95. The number of carboxylic acids is 1. The van der Waals surface area contributed by atoms with Crippen LogP contribution < -0.4 is 0 Å². The Morgan fingerprint density at radius 1 is 1.39 bits per heavy atom. The largest absolute Gasteiger partial charge is 0.475 e. The van der Waals surface area contributed by atoms with E-state index < -0.39 is 5.97 Å². The third-order valence-corrected chi connectivity index (χ3v) is 2.61. The van der Waals surface area contributed by atoms with Gasteiger partial charge >= 0.3 is 5.97 Å². The maximum atomic E-state index is 10.8. The van der Waals surface area contributed by atoms with Crippen molar-refractivity contribution >= 4 is 12.0 Å². The van der Waals surface area contributed by atoms with Crippen LogP contribution in [0.2, 0.25) is 0 Å². The lowest BCUT2D eigenvalue weighted by atomic mass is 10.1. The van der Waals surface area contributed by atoms with Crippen LogP contribution in [-0.4, -0.2) is 11.1 Å². The van der Waals surface area contributed by atoms with E-state index in [1.54, 1.807) is 13.0 Å². The van der Waals surface area contributed by atoms with Crippen molar-refractivity contribution in [3.63, 3.8) is 0 Å². The van der Waals surface area contributed by atoms with Crippen LogP contribution in [0.5, 0.6) is 0 Å². The molecule has 0 saturated heterocycles. The van der Waals surface area contributed by atoms with Gasteiger partial charge in [0, 0.05) is 5.56 Å². The van der Waals surface area contributed by atoms with Gasteiger partial charge in [0.1, 0.15) is 5.76 Å². The Bertz CT molecular complexity index is 486. The van der Waals surface area contributed by atoms with Gasteiger partial charge in [-0.2, -0.15) is 0 Å². The van der Waals surface area contributed by atoms with E-state index >= 15 is 0 Å². The molecule has 1 rings (SSSR count). The highest BCUT2D eigenvalue weighted by atomic mass is 16.4. The predicted octanol–water partition coefficient (Wildman–Crippen LogP) is 4.44. The zero-order valence-corrected chi connectivity index (χ0v) is 11.4. The van der Waals surface area contributed by atoms with Gasteiger partial charge in [0.15, 0.2) is 0 Å². The van der Waals surface area contributed by atoms with Crippen LogP contribution in [0.25, 0.3) is 6.08 Å². The summed E-state index contributed by atoms with van der Waals surface area (Å²) < 4.78 is 5.28. The highest BCUT2D eigenvalue weighted by Gasteiger charge is 2.12. The van der Waals surface area contributed by atoms with Gasteiger partial charge < -0.3 is 9.52 Å². The number of hydrogen-bond donors (Lipinski definition) is 1. The minimum absolute atomic E-state index is 0.0262. The molecule has 0 atom stereocenters. The molecule has 3 nitrogen and oxygen atoms in total. The summed E-state index contributed by atoms with van der Waals surface area (Å²) >= 11 is 0. The van der Waals surface area contributed by atoms with Crippen molar-refractivity contribution in [1.82, 2.24) is 0 Å². The fourth-order valence-electron chi connectivity index (χ4n) is 1.69. The van der Waals surface area contributed by atoms with Crippen LogP contribution in [0.1, 0.15) is 55.5 Å². The average Bonchev–Trinajstić information content (AvgIpc) is 2.58. The number of hydrogen-bond acceptors (Lipinski definition) is 2. The lowest BCUT2D eigenvalue weighted by Crippen LogP contribution is -1.94. The fraction of sp³-hybridized carbons (Fsp3) is 0.400. The smallest absolute Gasteiger partial charge is 0.372 e. The van der Waals surface area contributed by atoms with Crippen molar-refractivity contribution in [3.8, 4) is 0 Å². The minimum atomic E-state index is -1.02. The SMILES string of the molecule is CC(C)=CCCC(C)=Cc1cc(C)c(C(=O)O)o1. The second kappa shape index (κ2) is 6.24. The van der Waals surface area contributed by atoms with E-state index in [1.807, 2.05) is 13.0 Å². The van der Waals surface area contributed by atoms with E-state index in [0.29, 0.717) is 11.3 Å². The van der Waals surface area contributed by atoms with Gasteiger partial charge in [0.05, 0.1) is 0 Å². The molecule has 0 aliphatic rings. The minimum Gasteiger partial charge on any atom is -0.475 e. The molecular formula is C15H20O3. The highest BCUT2D eigenvalue weighted by Crippen LogP contribution is 2.19. The molecule has 0 fully saturated rings. The van der Waals surface area contributed by atoms with Crippen molar-refractivity contribution in [3.05, 3.63) is 40.4 Å². The average molecular weight is 248 g/mol. The number of aryl methyl sites for hydroxylation is 1. The van der Waals surface area contributed by atoms with Crippen molar-refractivity contribution < 1.29 is 14.3 Å². The lowest BCUT2D eigenvalue weighted by molar-refractivity contribution is 0.0661. The van der Waals surface area contributed by atoms with Crippen LogP contribution in [-0.2, 0) is 0 Å². The van der Waals surface area contributed by atoms with Crippen LogP contribution in [0, 0.1) is 6.92 Å². The molecule has 1 heterocycles. The first kappa shape index (κ1) is 14.3. The second-order valence-corrected chi connectivity index (χ2v) is 4.78. The van der Waals surface area contributed by atoms with E-state index in [2.05, 4.69) is 19.9 Å². The third kappa shape index (κ3) is 4.24. The zero-order chi connectivity index (χ0) is 13.7. The van der Waals surface area contributed by atoms with Gasteiger partial charge in [-0.25, -0.2) is 4.79 Å². The summed E-state index contributed by atoms with van der Waals surface area (Å²) in [5.74, 6) is -0.382. The molecule has 0 bridgehead atoms. The summed E-state index contributed by atoms with van der Waals surface area (Å²) in [4.78, 5) is 10.8. The van der Waals surface area contributed by atoms with Crippen molar-refractivity contribution in [2.24, 2.45) is 0 Å². The molecular weight excluding hydrogens is 228 g/mol. The second-order valence-electron chi connectivity index (χ2n) is 4.78. The molecule has 3 heteroatoms. The summed E-state index contributed by atoms with van der Waals surface area (Å²) in [6, 6.07) is 1.76. The standard InChI is InChI=1S/C15H20O3/c1-10(2)6-5-7-11(3)8-13-9-12(4)14(18-13)15(16)17/h6,8-9H,5,7H2,1-4H3,(H,16,17). The maximum Gasteiger partial charge on any atom is 0.372 e. The molecule has 0 spiro atoms. The van der Waals surface area contributed by atoms with Crippen LogP contribution >= 0.6 is 0 Å². The molecule has 0 aliphatic carbocycles. The molecule has 0 radical (unpaired) electrons. The summed E-state index contributed by atoms with van der Waals surface area (Å²) in [6.45, 7) is 7.92. The number of allylic oxidation sites excluding steroid dienone is 3. The van der Waals surface area contributed by atoms with E-state index in [0.717, 1.165) is 12.8 Å². The number of furan rings is 1. The maximum absolute atomic E-state index is 10.8. The summed E-state index contributed by atoms with van der Waals surface area (Å²) in [6.07, 6.45) is 6.04. The predicted molar refractivity (Wildman–Crippen MR) is 72.7 cm³/mol. The third-order valence-electron chi connectivity index (χ3n) is 2.61. The molecule has 1 aromatic rings. The molecule has 0 unspecified atom stereocenters. The molecule has 1 N–H and O–H groups in total. The number of carbonyl (C=O) groups is 1. The van der Waals surface area contributed by atoms with Gasteiger partial charge in [-0.05, 0) is 52.7 Å². The molecule has 0 amide bonds. The van der Waals surface area contributed by atoms with Gasteiger partial charge in [-0.1, -0.05) is 17.2 Å². The Hall–Kier alpha value is -1.77. The Morgan fingerprint density at radius 3 is 2.56 bits per heavy atom. The van der Waals surface area contributed by atoms with E-state index in [1.165, 1.54) is 11.1 Å². The Morgan fingerprint density at radius 2 is 2.06 bits per heavy atom. The Balaban J connectivity index is 2.73. The summed E-state index contributed by atoms with van der Waals surface area (Å²) in [5.41, 5.74) is 3.15. The van der Waals surface area contributed by atoms with E-state index in [4.69, 9.17) is 9.52 Å². The topological polar surface area (TPSA) is 50.4 Å². The lowest BCUT2D eigenvalue weighted by Gasteiger charge is -1.97. The van der Waals surface area contributed by atoms with E-state index in [-0.39, 0.29) is 5.76 Å². The van der Waals surface area contributed by atoms with Gasteiger partial charge in [0.2, 0.25) is 5.76 Å². The number of rotatable bonds is 5. The molecule has 18 heavy (non-hydrogen) atoms. The van der Waals surface area contributed by atoms with Gasteiger partial charge in [0.25, 0.3) is 0 Å². The fourth-order valence-corrected chi connectivity index (χ4v) is 1.69. The first-order valence-electron chi connectivity index (χ1n) is 6.04. The normalized spacial score (nSPS) is 11.4. The first-order valence-corrected chi connectivity index (χ1v) is 6.04. The molecule has 0 aromatic carbocycles. The van der Waals surface area contributed by atoms with Crippen molar-refractivity contribution in [2.45, 2.75) is 40.5 Å². The monoisotopic (exact) mass is 248 g/mol. The number of aromatic carboxylic acids is 1. The molecule has 0 saturated carbocycles. The molecule has 0 aliphatic heterocycles. The van der Waals surface area contributed by atoms with Crippen LogP contribution in [0.3, 0.4) is 0 Å². The Labute approximate surface area is 108 Å². The van der Waals surface area contributed by atoms with Crippen LogP contribution in [0.15, 0.2) is 27.7 Å². The summed E-state index contributed by atoms with van der Waals surface area (Å²) in [7, 11) is 0. The van der Waals surface area contributed by atoms with Gasteiger partial charge in [-0.3, -0.25) is 0 Å². The summed E-state index contributed by atoms with van der Waals surface area (Å²) in [5, 5.41) is 8.89. The highest BCUT2D eigenvalue weighted by molar-refractivity contribution is 5.86. The van der Waals surface area contributed by atoms with Gasteiger partial charge in [-0.15, -0.1) is 0 Å². The van der Waals surface area contributed by atoms with E-state index in [9.17, 15) is 4.79 Å². The molecule has 98 valence electrons. The quantitative estimate of drug-likeness (QED) is 0.784. The van der Waals surface area contributed by atoms with Crippen molar-refractivity contribution in [2.75, 3.05) is 0 Å². The van der Waals surface area contributed by atoms with Crippen molar-refractivity contribution in [1.29, 1.82) is 0 Å². The molecule has 1 aromatic heterocycles. The van der Waals surface area contributed by atoms with Crippen LogP contribution in [0.4, 0.5) is 0 Å². The number of carboxylic acid groups (broad SMARTS) is 1. The first-order chi connectivity index (χ1) is 8.40.